The normalized spacial score (nSPS) is 14.4. The molecule has 0 spiro atoms. The Morgan fingerprint density at radius 3 is 1.98 bits per heavy atom. The highest BCUT2D eigenvalue weighted by atomic mass is 16.1. The van der Waals surface area contributed by atoms with Crippen molar-refractivity contribution < 1.29 is 0 Å². The van der Waals surface area contributed by atoms with E-state index in [1.165, 1.54) is 5.56 Å². The highest BCUT2D eigenvalue weighted by Crippen LogP contribution is 2.31. The number of nitrogens with zero attached hydrogens (tertiary/aromatic N) is 3. The average molecular weight is 554 g/mol. The molecule has 7 rings (SSSR count). The molecule has 1 fully saturated rings. The van der Waals surface area contributed by atoms with Crippen LogP contribution in [0.15, 0.2) is 119 Å². The number of aromatic amines is 2. The van der Waals surface area contributed by atoms with Gasteiger partial charge in [0.05, 0.1) is 22.4 Å². The molecule has 2 aromatic heterocycles. The van der Waals surface area contributed by atoms with E-state index in [0.29, 0.717) is 11.4 Å². The molecule has 1 aliphatic rings. The first-order valence-electron chi connectivity index (χ1n) is 14.4. The van der Waals surface area contributed by atoms with Gasteiger partial charge in [0.1, 0.15) is 5.69 Å². The molecule has 0 saturated carbocycles. The number of imidazole rings is 1. The summed E-state index contributed by atoms with van der Waals surface area (Å²) in [6.45, 7) is 2.69. The van der Waals surface area contributed by atoms with E-state index in [0.717, 1.165) is 65.9 Å². The smallest absolute Gasteiger partial charge is 0.318 e. The molecule has 1 aliphatic heterocycles. The predicted octanol–water partition coefficient (Wildman–Crippen LogP) is 6.25. The number of likely N-dealkylation sites (tertiary alicyclic amines) is 1. The van der Waals surface area contributed by atoms with E-state index >= 15 is 0 Å². The molecule has 2 N–H and O–H groups in total. The summed E-state index contributed by atoms with van der Waals surface area (Å²) in [6, 6.07) is 36.0. The average Bonchev–Trinajstić information content (AvgIpc) is 3.38. The molecule has 6 aromatic rings. The van der Waals surface area contributed by atoms with Crippen LogP contribution in [0.2, 0.25) is 0 Å². The Labute approximate surface area is 243 Å². The number of fused-ring (bicyclic) bond motifs is 1. The summed E-state index contributed by atoms with van der Waals surface area (Å²) in [7, 11) is 0. The summed E-state index contributed by atoms with van der Waals surface area (Å²) < 4.78 is 1.93. The largest absolute Gasteiger partial charge is 0.326 e. The van der Waals surface area contributed by atoms with Gasteiger partial charge < -0.3 is 9.97 Å². The summed E-state index contributed by atoms with van der Waals surface area (Å²) in [6.07, 6.45) is 1.86. The molecule has 208 valence electrons. The van der Waals surface area contributed by atoms with Gasteiger partial charge in [0.15, 0.2) is 0 Å². The highest BCUT2D eigenvalue weighted by Gasteiger charge is 2.24. The zero-order valence-corrected chi connectivity index (χ0v) is 23.2. The van der Waals surface area contributed by atoms with Crippen molar-refractivity contribution in [2.75, 3.05) is 13.1 Å². The Morgan fingerprint density at radius 2 is 1.29 bits per heavy atom. The summed E-state index contributed by atoms with van der Waals surface area (Å²) in [4.78, 5) is 39.3. The topological polar surface area (TPSA) is 86.8 Å². The number of rotatable bonds is 6. The molecule has 0 amide bonds. The van der Waals surface area contributed by atoms with Gasteiger partial charge in [-0.3, -0.25) is 14.3 Å². The summed E-state index contributed by atoms with van der Waals surface area (Å²) >= 11 is 0. The quantitative estimate of drug-likeness (QED) is 0.255. The molecule has 42 heavy (non-hydrogen) atoms. The van der Waals surface area contributed by atoms with E-state index < -0.39 is 0 Å². The molecule has 7 nitrogen and oxygen atoms in total. The predicted molar refractivity (Wildman–Crippen MR) is 167 cm³/mol. The molecule has 0 radical (unpaired) electrons. The molecular formula is C35H31N5O2. The first-order valence-corrected chi connectivity index (χ1v) is 14.4. The third kappa shape index (κ3) is 4.99. The fourth-order valence-electron chi connectivity index (χ4n) is 6.06. The van der Waals surface area contributed by atoms with E-state index in [4.69, 9.17) is 4.98 Å². The maximum Gasteiger partial charge on any atom is 0.326 e. The minimum absolute atomic E-state index is 0.0237. The Balaban J connectivity index is 1.11. The number of benzene rings is 4. The minimum Gasteiger partial charge on any atom is -0.318 e. The van der Waals surface area contributed by atoms with Crippen LogP contribution in [-0.4, -0.2) is 37.5 Å². The van der Waals surface area contributed by atoms with Crippen molar-refractivity contribution >= 4 is 11.0 Å². The standard InChI is InChI=1S/C35H31N5O2/c41-34-33(26-11-5-2-6-12-26)37-31(25-9-3-1-4-10-25)32(38-34)27-17-15-24(16-18-27)23-39-21-19-28(20-22-39)40-30-14-8-7-13-29(30)36-35(40)42/h1-18,28H,19-23H2,(H,36,42)(H,38,41). The Kier molecular flexibility index (Phi) is 6.85. The summed E-state index contributed by atoms with van der Waals surface area (Å²) in [5.74, 6) is 0. The van der Waals surface area contributed by atoms with Gasteiger partial charge in [0, 0.05) is 42.4 Å². The molecule has 1 saturated heterocycles. The molecule has 0 aliphatic carbocycles. The number of aromatic nitrogens is 4. The molecule has 7 heteroatoms. The SMILES string of the molecule is O=c1[nH]c(-c2ccc(CN3CCC(n4c(=O)[nH]c5ccccc54)CC3)cc2)c(-c2ccccc2)nc1-c1ccccc1. The van der Waals surface area contributed by atoms with Gasteiger partial charge in [-0.1, -0.05) is 97.1 Å². The molecule has 4 aromatic carbocycles. The Hall–Kier alpha value is -5.01. The fraction of sp³-hybridized carbons (Fsp3) is 0.171. The van der Waals surface area contributed by atoms with Crippen molar-refractivity contribution in [3.8, 4) is 33.8 Å². The van der Waals surface area contributed by atoms with Crippen LogP contribution in [0.4, 0.5) is 0 Å². The van der Waals surface area contributed by atoms with Gasteiger partial charge in [0.2, 0.25) is 0 Å². The first kappa shape index (κ1) is 25.9. The van der Waals surface area contributed by atoms with Crippen molar-refractivity contribution in [3.05, 3.63) is 136 Å². The third-order valence-corrected chi connectivity index (χ3v) is 8.20. The van der Waals surface area contributed by atoms with Gasteiger partial charge in [-0.25, -0.2) is 9.78 Å². The number of H-pyrrole nitrogens is 2. The zero-order valence-electron chi connectivity index (χ0n) is 23.2. The van der Waals surface area contributed by atoms with Crippen molar-refractivity contribution in [1.29, 1.82) is 0 Å². The van der Waals surface area contributed by atoms with Gasteiger partial charge in [-0.15, -0.1) is 0 Å². The number of nitrogens with one attached hydrogen (secondary N) is 2. The van der Waals surface area contributed by atoms with Gasteiger partial charge in [0.25, 0.3) is 5.56 Å². The van der Waals surface area contributed by atoms with Crippen LogP contribution >= 0.6 is 0 Å². The molecular weight excluding hydrogens is 522 g/mol. The molecule has 0 unspecified atom stereocenters. The lowest BCUT2D eigenvalue weighted by Crippen LogP contribution is -2.36. The van der Waals surface area contributed by atoms with Gasteiger partial charge in [-0.2, -0.15) is 0 Å². The number of piperidine rings is 1. The lowest BCUT2D eigenvalue weighted by atomic mass is 10.0. The third-order valence-electron chi connectivity index (χ3n) is 8.20. The van der Waals surface area contributed by atoms with E-state index in [1.54, 1.807) is 0 Å². The van der Waals surface area contributed by atoms with Crippen LogP contribution < -0.4 is 11.2 Å². The van der Waals surface area contributed by atoms with Crippen LogP contribution in [0, 0.1) is 0 Å². The number of para-hydroxylation sites is 2. The summed E-state index contributed by atoms with van der Waals surface area (Å²) in [5, 5.41) is 0. The van der Waals surface area contributed by atoms with Crippen molar-refractivity contribution in [3.63, 3.8) is 0 Å². The van der Waals surface area contributed by atoms with Gasteiger partial charge >= 0.3 is 5.69 Å². The van der Waals surface area contributed by atoms with Crippen molar-refractivity contribution in [1.82, 2.24) is 24.4 Å². The van der Waals surface area contributed by atoms with Crippen LogP contribution in [0.1, 0.15) is 24.4 Å². The molecule has 0 bridgehead atoms. The minimum atomic E-state index is -0.211. The first-order chi connectivity index (χ1) is 20.6. The number of hydrogen-bond acceptors (Lipinski definition) is 4. The summed E-state index contributed by atoms with van der Waals surface area (Å²) in [5.41, 5.74) is 7.37. The van der Waals surface area contributed by atoms with E-state index in [2.05, 4.69) is 39.1 Å². The fourth-order valence-corrected chi connectivity index (χ4v) is 6.06. The van der Waals surface area contributed by atoms with Crippen molar-refractivity contribution in [2.45, 2.75) is 25.4 Å². The second-order valence-electron chi connectivity index (χ2n) is 10.9. The van der Waals surface area contributed by atoms with Crippen LogP contribution in [0.5, 0.6) is 0 Å². The molecule has 0 atom stereocenters. The van der Waals surface area contributed by atoms with E-state index in [-0.39, 0.29) is 17.3 Å². The monoisotopic (exact) mass is 553 g/mol. The second-order valence-corrected chi connectivity index (χ2v) is 10.9. The zero-order chi connectivity index (χ0) is 28.5. The van der Waals surface area contributed by atoms with Crippen LogP contribution in [-0.2, 0) is 6.54 Å². The van der Waals surface area contributed by atoms with E-state index in [9.17, 15) is 9.59 Å². The van der Waals surface area contributed by atoms with Crippen LogP contribution in [0.3, 0.4) is 0 Å². The van der Waals surface area contributed by atoms with Gasteiger partial charge in [-0.05, 0) is 30.5 Å². The van der Waals surface area contributed by atoms with E-state index in [1.807, 2.05) is 89.5 Å². The second kappa shape index (κ2) is 11.1. The maximum atomic E-state index is 13.2. The number of hydrogen-bond donors (Lipinski definition) is 2. The Bertz CT molecular complexity index is 1950. The molecule has 3 heterocycles. The highest BCUT2D eigenvalue weighted by molar-refractivity contribution is 5.79. The lowest BCUT2D eigenvalue weighted by Gasteiger charge is -2.32. The lowest BCUT2D eigenvalue weighted by molar-refractivity contribution is 0.180. The van der Waals surface area contributed by atoms with Crippen LogP contribution in [0.25, 0.3) is 44.8 Å². The Morgan fingerprint density at radius 1 is 0.667 bits per heavy atom. The maximum absolute atomic E-state index is 13.2. The van der Waals surface area contributed by atoms with Crippen molar-refractivity contribution in [2.24, 2.45) is 0 Å².